The molecule has 0 rings (SSSR count). The minimum Gasteiger partial charge on any atom is -0.438 e. The summed E-state index contributed by atoms with van der Waals surface area (Å²) in [6, 6.07) is 0. The van der Waals surface area contributed by atoms with E-state index >= 15 is 0 Å². The first-order valence-electron chi connectivity index (χ1n) is 8.02. The van der Waals surface area contributed by atoms with Gasteiger partial charge >= 0.3 is 6.16 Å². The van der Waals surface area contributed by atoms with Crippen molar-refractivity contribution >= 4 is 6.16 Å². The van der Waals surface area contributed by atoms with Gasteiger partial charge in [0.1, 0.15) is 0 Å². The largest absolute Gasteiger partial charge is 0.507 e. The highest BCUT2D eigenvalue weighted by Gasteiger charge is 1.99. The van der Waals surface area contributed by atoms with Crippen molar-refractivity contribution in [3.8, 4) is 0 Å². The van der Waals surface area contributed by atoms with Crippen LogP contribution >= 0.6 is 0 Å². The molecule has 0 aliphatic carbocycles. The zero-order chi connectivity index (χ0) is 15.1. The Morgan fingerprint density at radius 3 is 1.70 bits per heavy atom. The Morgan fingerprint density at radius 2 is 1.25 bits per heavy atom. The van der Waals surface area contributed by atoms with Gasteiger partial charge in [-0.15, -0.1) is 0 Å². The van der Waals surface area contributed by atoms with Crippen molar-refractivity contribution in [3.63, 3.8) is 0 Å². The molecule has 0 saturated carbocycles. The first-order valence-corrected chi connectivity index (χ1v) is 8.02. The molecule has 0 aromatic rings. The van der Waals surface area contributed by atoms with Crippen LogP contribution in [0.4, 0.5) is 4.79 Å². The summed E-state index contributed by atoms with van der Waals surface area (Å²) in [5.74, 6) is 0. The monoisotopic (exact) mass is 287 g/mol. The molecule has 0 saturated heterocycles. The van der Waals surface area contributed by atoms with E-state index in [0.717, 1.165) is 12.8 Å². The molecule has 0 atom stereocenters. The molecule has 0 aliphatic heterocycles. The Hall–Kier alpha value is -0.770. The van der Waals surface area contributed by atoms with E-state index in [2.05, 4.69) is 23.7 Å². The van der Waals surface area contributed by atoms with Crippen molar-refractivity contribution in [1.82, 2.24) is 4.90 Å². The van der Waals surface area contributed by atoms with Crippen LogP contribution in [0.2, 0.25) is 0 Å². The quantitative estimate of drug-likeness (QED) is 0.375. The van der Waals surface area contributed by atoms with Crippen LogP contribution in [0.15, 0.2) is 0 Å². The average molecular weight is 287 g/mol. The molecule has 120 valence electrons. The smallest absolute Gasteiger partial charge is 0.438 e. The van der Waals surface area contributed by atoms with Gasteiger partial charge in [-0.1, -0.05) is 51.4 Å². The van der Waals surface area contributed by atoms with Gasteiger partial charge in [-0.3, -0.25) is 0 Å². The topological polar surface area (TPSA) is 38.8 Å². The number of unbranched alkanes of at least 4 members (excludes halogenated alkanes) is 9. The number of carbonyl (C=O) groups excluding carboxylic acids is 1. The molecule has 0 aliphatic rings. The molecule has 0 aromatic heterocycles. The first kappa shape index (κ1) is 19.2. The van der Waals surface area contributed by atoms with E-state index in [-0.39, 0.29) is 0 Å². The van der Waals surface area contributed by atoms with Crippen molar-refractivity contribution in [2.24, 2.45) is 0 Å². The molecule has 4 heteroatoms. The van der Waals surface area contributed by atoms with E-state index in [1.54, 1.807) is 0 Å². The van der Waals surface area contributed by atoms with E-state index in [1.807, 2.05) is 0 Å². The summed E-state index contributed by atoms with van der Waals surface area (Å²) in [6.45, 7) is 1.70. The summed E-state index contributed by atoms with van der Waals surface area (Å²) in [5.41, 5.74) is 0. The summed E-state index contributed by atoms with van der Waals surface area (Å²) in [6.07, 6.45) is 12.2. The van der Waals surface area contributed by atoms with E-state index in [1.165, 1.54) is 65.0 Å². The molecule has 4 nitrogen and oxygen atoms in total. The van der Waals surface area contributed by atoms with Crippen LogP contribution in [0.3, 0.4) is 0 Å². The summed E-state index contributed by atoms with van der Waals surface area (Å²) in [4.78, 5) is 12.9. The van der Waals surface area contributed by atoms with Gasteiger partial charge in [-0.2, -0.15) is 0 Å². The van der Waals surface area contributed by atoms with Crippen LogP contribution < -0.4 is 0 Å². The number of rotatable bonds is 13. The molecule has 0 aromatic carbocycles. The summed E-state index contributed by atoms with van der Waals surface area (Å²) >= 11 is 0. The zero-order valence-electron chi connectivity index (χ0n) is 13.7. The van der Waals surface area contributed by atoms with Gasteiger partial charge in [-0.25, -0.2) is 4.79 Å². The summed E-state index contributed by atoms with van der Waals surface area (Å²) in [7, 11) is 5.61. The molecule has 0 unspecified atom stereocenters. The Morgan fingerprint density at radius 1 is 0.800 bits per heavy atom. The van der Waals surface area contributed by atoms with Gasteiger partial charge in [0.2, 0.25) is 0 Å². The Kier molecular flexibility index (Phi) is 14.1. The van der Waals surface area contributed by atoms with Crippen LogP contribution in [0, 0.1) is 0 Å². The molecule has 0 radical (unpaired) electrons. The minimum atomic E-state index is -0.570. The van der Waals surface area contributed by atoms with Crippen molar-refractivity contribution in [2.45, 2.75) is 64.2 Å². The van der Waals surface area contributed by atoms with E-state index in [9.17, 15) is 4.79 Å². The van der Waals surface area contributed by atoms with Crippen LogP contribution in [0.1, 0.15) is 64.2 Å². The molecule has 0 N–H and O–H groups in total. The lowest BCUT2D eigenvalue weighted by atomic mass is 10.1. The Balaban J connectivity index is 3.01. The van der Waals surface area contributed by atoms with Crippen LogP contribution in [0.5, 0.6) is 0 Å². The number of nitrogens with zero attached hydrogens (tertiary/aromatic N) is 1. The van der Waals surface area contributed by atoms with Crippen LogP contribution in [-0.2, 0) is 9.47 Å². The average Bonchev–Trinajstić information content (AvgIpc) is 2.43. The van der Waals surface area contributed by atoms with Crippen LogP contribution in [-0.4, -0.2) is 45.4 Å². The minimum absolute atomic E-state index is 0.485. The molecular weight excluding hydrogens is 254 g/mol. The molecule has 20 heavy (non-hydrogen) atoms. The molecule has 0 bridgehead atoms. The SMILES string of the molecule is COC(=O)OCCCCCCCCCCCCN(C)C. The molecule has 0 fully saturated rings. The van der Waals surface area contributed by atoms with E-state index < -0.39 is 6.16 Å². The van der Waals surface area contributed by atoms with Crippen LogP contribution in [0.25, 0.3) is 0 Å². The molecule has 0 amide bonds. The predicted octanol–water partition coefficient (Wildman–Crippen LogP) is 4.23. The molecule has 0 spiro atoms. The van der Waals surface area contributed by atoms with Crippen molar-refractivity contribution in [2.75, 3.05) is 34.4 Å². The fourth-order valence-corrected chi connectivity index (χ4v) is 2.16. The lowest BCUT2D eigenvalue weighted by Crippen LogP contribution is -2.12. The van der Waals surface area contributed by atoms with E-state index in [4.69, 9.17) is 4.74 Å². The number of ether oxygens (including phenoxy) is 2. The lowest BCUT2D eigenvalue weighted by Gasteiger charge is -2.08. The summed E-state index contributed by atoms with van der Waals surface area (Å²) in [5, 5.41) is 0. The molecular formula is C16H33NO3. The van der Waals surface area contributed by atoms with Gasteiger partial charge in [0.25, 0.3) is 0 Å². The lowest BCUT2D eigenvalue weighted by molar-refractivity contribution is 0.0713. The Labute approximate surface area is 124 Å². The highest BCUT2D eigenvalue weighted by molar-refractivity contribution is 5.59. The summed E-state index contributed by atoms with van der Waals surface area (Å²) < 4.78 is 9.23. The zero-order valence-corrected chi connectivity index (χ0v) is 13.7. The second kappa shape index (κ2) is 14.6. The van der Waals surface area contributed by atoms with Crippen molar-refractivity contribution in [3.05, 3.63) is 0 Å². The number of methoxy groups -OCH3 is 1. The number of carbonyl (C=O) groups is 1. The standard InChI is InChI=1S/C16H33NO3/c1-17(2)14-12-10-8-6-4-5-7-9-11-13-15-20-16(18)19-3/h4-15H2,1-3H3. The van der Waals surface area contributed by atoms with Gasteiger partial charge < -0.3 is 14.4 Å². The second-order valence-electron chi connectivity index (χ2n) is 5.64. The first-order chi connectivity index (χ1) is 9.66. The second-order valence-corrected chi connectivity index (χ2v) is 5.64. The van der Waals surface area contributed by atoms with Gasteiger partial charge in [0, 0.05) is 0 Å². The Bertz CT molecular complexity index is 220. The maximum atomic E-state index is 10.7. The van der Waals surface area contributed by atoms with E-state index in [0.29, 0.717) is 6.61 Å². The molecule has 0 heterocycles. The number of hydrogen-bond donors (Lipinski definition) is 0. The maximum Gasteiger partial charge on any atom is 0.507 e. The third kappa shape index (κ3) is 15.3. The van der Waals surface area contributed by atoms with Crippen molar-refractivity contribution < 1.29 is 14.3 Å². The third-order valence-electron chi connectivity index (χ3n) is 3.39. The number of hydrogen-bond acceptors (Lipinski definition) is 4. The predicted molar refractivity (Wildman–Crippen MR) is 83.1 cm³/mol. The van der Waals surface area contributed by atoms with Gasteiger partial charge in [-0.05, 0) is 33.5 Å². The van der Waals surface area contributed by atoms with Gasteiger partial charge in [0.15, 0.2) is 0 Å². The highest BCUT2D eigenvalue weighted by atomic mass is 16.7. The third-order valence-corrected chi connectivity index (χ3v) is 3.39. The van der Waals surface area contributed by atoms with Gasteiger partial charge in [0.05, 0.1) is 13.7 Å². The normalized spacial score (nSPS) is 10.8. The maximum absolute atomic E-state index is 10.7. The fraction of sp³-hybridized carbons (Fsp3) is 0.938. The fourth-order valence-electron chi connectivity index (χ4n) is 2.16. The highest BCUT2D eigenvalue weighted by Crippen LogP contribution is 2.10. The van der Waals surface area contributed by atoms with Crippen molar-refractivity contribution in [1.29, 1.82) is 0 Å².